The predicted octanol–water partition coefficient (Wildman–Crippen LogP) is 0.587. The second-order valence-corrected chi connectivity index (χ2v) is 3.93. The number of anilines is 1. The van der Waals surface area contributed by atoms with Crippen molar-refractivity contribution >= 4 is 5.69 Å². The zero-order valence-electron chi connectivity index (χ0n) is 10.3. The molecular formula is C12H21N3O2. The van der Waals surface area contributed by atoms with Crippen LogP contribution >= 0.6 is 0 Å². The monoisotopic (exact) mass is 239 g/mol. The highest BCUT2D eigenvalue weighted by molar-refractivity contribution is 5.44. The largest absolute Gasteiger partial charge is 0.398 e. The van der Waals surface area contributed by atoms with Gasteiger partial charge >= 0.3 is 0 Å². The predicted molar refractivity (Wildman–Crippen MR) is 67.6 cm³/mol. The van der Waals surface area contributed by atoms with Gasteiger partial charge in [0.1, 0.15) is 0 Å². The molecule has 0 fully saturated rings. The van der Waals surface area contributed by atoms with E-state index in [0.29, 0.717) is 19.8 Å². The van der Waals surface area contributed by atoms with Gasteiger partial charge in [0.15, 0.2) is 0 Å². The molecule has 1 atom stereocenters. The Morgan fingerprint density at radius 1 is 1.35 bits per heavy atom. The maximum Gasteiger partial charge on any atom is 0.0700 e. The van der Waals surface area contributed by atoms with Crippen LogP contribution in [0.5, 0.6) is 0 Å². The molecule has 0 aliphatic heterocycles. The molecule has 4 N–H and O–H groups in total. The van der Waals surface area contributed by atoms with Gasteiger partial charge in [-0.3, -0.25) is 4.98 Å². The number of pyridine rings is 1. The Kier molecular flexibility index (Phi) is 6.54. The highest BCUT2D eigenvalue weighted by atomic mass is 16.5. The summed E-state index contributed by atoms with van der Waals surface area (Å²) in [6.45, 7) is 1.87. The molecule has 1 aromatic heterocycles. The molecule has 0 aliphatic carbocycles. The van der Waals surface area contributed by atoms with Crippen LogP contribution in [-0.4, -0.2) is 38.0 Å². The van der Waals surface area contributed by atoms with E-state index in [9.17, 15) is 0 Å². The lowest BCUT2D eigenvalue weighted by Crippen LogP contribution is -2.25. The first-order valence-corrected chi connectivity index (χ1v) is 5.74. The van der Waals surface area contributed by atoms with Crippen molar-refractivity contribution < 1.29 is 9.47 Å². The molecule has 17 heavy (non-hydrogen) atoms. The van der Waals surface area contributed by atoms with Crippen molar-refractivity contribution in [2.45, 2.75) is 18.9 Å². The molecule has 0 aromatic carbocycles. The van der Waals surface area contributed by atoms with Gasteiger partial charge in [0.05, 0.1) is 13.2 Å². The second kappa shape index (κ2) is 8.00. The van der Waals surface area contributed by atoms with Crippen LogP contribution in [-0.2, 0) is 15.9 Å². The molecular weight excluding hydrogens is 218 g/mol. The Morgan fingerprint density at radius 3 is 2.88 bits per heavy atom. The highest BCUT2D eigenvalue weighted by Crippen LogP contribution is 2.11. The number of aromatic nitrogens is 1. The summed E-state index contributed by atoms with van der Waals surface area (Å²) in [4.78, 5) is 4.04. The summed E-state index contributed by atoms with van der Waals surface area (Å²) in [5.74, 6) is 0. The van der Waals surface area contributed by atoms with Crippen molar-refractivity contribution in [2.24, 2.45) is 5.73 Å². The number of ether oxygens (including phenoxy) is 2. The van der Waals surface area contributed by atoms with E-state index in [0.717, 1.165) is 24.1 Å². The molecule has 0 amide bonds. The fourth-order valence-corrected chi connectivity index (χ4v) is 1.47. The van der Waals surface area contributed by atoms with Gasteiger partial charge in [-0.2, -0.15) is 0 Å². The van der Waals surface area contributed by atoms with E-state index >= 15 is 0 Å². The first kappa shape index (κ1) is 13.9. The van der Waals surface area contributed by atoms with E-state index in [1.165, 1.54) is 0 Å². The van der Waals surface area contributed by atoms with Crippen LogP contribution in [0.25, 0.3) is 0 Å². The zero-order chi connectivity index (χ0) is 12.5. The number of nitrogens with zero attached hydrogens (tertiary/aromatic N) is 1. The first-order chi connectivity index (χ1) is 8.24. The molecule has 0 spiro atoms. The van der Waals surface area contributed by atoms with Crippen LogP contribution in [0.4, 0.5) is 5.69 Å². The van der Waals surface area contributed by atoms with Crippen molar-refractivity contribution in [3.05, 3.63) is 24.0 Å². The quantitative estimate of drug-likeness (QED) is 0.649. The lowest BCUT2D eigenvalue weighted by Gasteiger charge is -2.12. The lowest BCUT2D eigenvalue weighted by atomic mass is 10.1. The van der Waals surface area contributed by atoms with Gasteiger partial charge < -0.3 is 20.9 Å². The van der Waals surface area contributed by atoms with Crippen molar-refractivity contribution in [1.82, 2.24) is 4.98 Å². The van der Waals surface area contributed by atoms with Gasteiger partial charge in [0.25, 0.3) is 0 Å². The molecule has 1 rings (SSSR count). The average molecular weight is 239 g/mol. The number of nitrogens with two attached hydrogens (primary N) is 2. The number of hydrogen-bond acceptors (Lipinski definition) is 5. The Hall–Kier alpha value is -1.17. The van der Waals surface area contributed by atoms with Crippen LogP contribution in [0, 0.1) is 0 Å². The van der Waals surface area contributed by atoms with Gasteiger partial charge in [0, 0.05) is 37.8 Å². The first-order valence-electron chi connectivity index (χ1n) is 5.74. The van der Waals surface area contributed by atoms with E-state index in [-0.39, 0.29) is 6.04 Å². The molecule has 96 valence electrons. The highest BCUT2D eigenvalue weighted by Gasteiger charge is 2.06. The molecule has 0 saturated carbocycles. The minimum absolute atomic E-state index is 0.0454. The molecule has 1 aromatic rings. The zero-order valence-corrected chi connectivity index (χ0v) is 10.3. The van der Waals surface area contributed by atoms with Crippen molar-refractivity contribution in [2.75, 3.05) is 32.7 Å². The Balaban J connectivity index is 2.21. The van der Waals surface area contributed by atoms with E-state index in [4.69, 9.17) is 20.9 Å². The van der Waals surface area contributed by atoms with Crippen LogP contribution < -0.4 is 11.5 Å². The normalized spacial score (nSPS) is 12.6. The summed E-state index contributed by atoms with van der Waals surface area (Å²) >= 11 is 0. The molecule has 0 bridgehead atoms. The number of hydrogen-bond donors (Lipinski definition) is 2. The van der Waals surface area contributed by atoms with Gasteiger partial charge in [0.2, 0.25) is 0 Å². The van der Waals surface area contributed by atoms with E-state index in [1.54, 1.807) is 25.6 Å². The molecule has 0 radical (unpaired) electrons. The topological polar surface area (TPSA) is 83.4 Å². The summed E-state index contributed by atoms with van der Waals surface area (Å²) in [6.07, 6.45) is 4.98. The molecule has 5 heteroatoms. The molecule has 1 heterocycles. The minimum Gasteiger partial charge on any atom is -0.398 e. The number of nitrogen functional groups attached to an aromatic ring is 1. The van der Waals surface area contributed by atoms with Gasteiger partial charge in [-0.05, 0) is 24.5 Å². The third-order valence-electron chi connectivity index (χ3n) is 2.49. The second-order valence-electron chi connectivity index (χ2n) is 3.93. The molecule has 0 aliphatic rings. The summed E-state index contributed by atoms with van der Waals surface area (Å²) in [5, 5.41) is 0. The van der Waals surface area contributed by atoms with Crippen molar-refractivity contribution in [1.29, 1.82) is 0 Å². The van der Waals surface area contributed by atoms with Crippen LogP contribution in [0.3, 0.4) is 0 Å². The Morgan fingerprint density at radius 2 is 2.18 bits per heavy atom. The van der Waals surface area contributed by atoms with E-state index < -0.39 is 0 Å². The van der Waals surface area contributed by atoms with E-state index in [2.05, 4.69) is 4.98 Å². The third kappa shape index (κ3) is 5.63. The summed E-state index contributed by atoms with van der Waals surface area (Å²) in [6, 6.07) is 1.83. The Labute approximate surface area is 102 Å². The number of methoxy groups -OCH3 is 1. The Bertz CT molecular complexity index is 320. The van der Waals surface area contributed by atoms with Gasteiger partial charge in [-0.15, -0.1) is 0 Å². The van der Waals surface area contributed by atoms with Crippen molar-refractivity contribution in [3.63, 3.8) is 0 Å². The average Bonchev–Trinajstić information content (AvgIpc) is 2.32. The molecule has 1 unspecified atom stereocenters. The standard InChI is InChI=1S/C12H21N3O2/c1-16-6-7-17-5-3-11(13)8-10-9-15-4-2-12(10)14/h2,4,9,11H,3,5-8,13H2,1H3,(H2,14,15). The maximum atomic E-state index is 5.99. The van der Waals surface area contributed by atoms with Crippen LogP contribution in [0.15, 0.2) is 18.5 Å². The summed E-state index contributed by atoms with van der Waals surface area (Å²) in [7, 11) is 1.65. The number of rotatable bonds is 8. The SMILES string of the molecule is COCCOCCC(N)Cc1cnccc1N. The molecule has 0 saturated heterocycles. The van der Waals surface area contributed by atoms with Gasteiger partial charge in [-0.25, -0.2) is 0 Å². The van der Waals surface area contributed by atoms with Crippen LogP contribution in [0.2, 0.25) is 0 Å². The fourth-order valence-electron chi connectivity index (χ4n) is 1.47. The smallest absolute Gasteiger partial charge is 0.0700 e. The van der Waals surface area contributed by atoms with Crippen LogP contribution in [0.1, 0.15) is 12.0 Å². The minimum atomic E-state index is 0.0454. The molecule has 5 nitrogen and oxygen atoms in total. The lowest BCUT2D eigenvalue weighted by molar-refractivity contribution is 0.0672. The summed E-state index contributed by atoms with van der Waals surface area (Å²) in [5.41, 5.74) is 13.6. The van der Waals surface area contributed by atoms with Crippen molar-refractivity contribution in [3.8, 4) is 0 Å². The maximum absolute atomic E-state index is 5.99. The third-order valence-corrected chi connectivity index (χ3v) is 2.49. The van der Waals surface area contributed by atoms with Gasteiger partial charge in [-0.1, -0.05) is 0 Å². The summed E-state index contributed by atoms with van der Waals surface area (Å²) < 4.78 is 10.2. The van der Waals surface area contributed by atoms with E-state index in [1.807, 2.05) is 0 Å². The fraction of sp³-hybridized carbons (Fsp3) is 0.583.